The van der Waals surface area contributed by atoms with Crippen LogP contribution >= 0.6 is 0 Å². The molecular formula is C14H15N5O2. The van der Waals surface area contributed by atoms with Crippen LogP contribution in [0, 0.1) is 11.3 Å². The molecule has 1 aromatic carbocycles. The van der Waals surface area contributed by atoms with Crippen LogP contribution in [0.15, 0.2) is 24.3 Å². The largest absolute Gasteiger partial charge is 0.495 e. The summed E-state index contributed by atoms with van der Waals surface area (Å²) in [6.45, 7) is 0.268. The van der Waals surface area contributed by atoms with E-state index in [0.717, 1.165) is 0 Å². The molecule has 1 aromatic heterocycles. The van der Waals surface area contributed by atoms with Crippen molar-refractivity contribution < 1.29 is 9.47 Å². The summed E-state index contributed by atoms with van der Waals surface area (Å²) in [6.07, 6.45) is 0. The number of nitrogens with two attached hydrogens (primary N) is 1. The van der Waals surface area contributed by atoms with Crippen LogP contribution in [-0.4, -0.2) is 24.2 Å². The van der Waals surface area contributed by atoms with Gasteiger partial charge < -0.3 is 20.5 Å². The number of benzene rings is 1. The van der Waals surface area contributed by atoms with E-state index in [-0.39, 0.29) is 6.61 Å². The Kier molecular flexibility index (Phi) is 4.53. The van der Waals surface area contributed by atoms with Crippen molar-refractivity contribution in [3.8, 4) is 11.8 Å². The van der Waals surface area contributed by atoms with Crippen LogP contribution < -0.4 is 15.8 Å². The molecule has 7 heteroatoms. The second kappa shape index (κ2) is 6.54. The Morgan fingerprint density at radius 2 is 2.10 bits per heavy atom. The van der Waals surface area contributed by atoms with E-state index in [4.69, 9.17) is 20.5 Å². The molecule has 0 unspecified atom stereocenters. The molecule has 3 N–H and O–H groups in total. The Morgan fingerprint density at radius 3 is 2.76 bits per heavy atom. The molecule has 0 aliphatic heterocycles. The van der Waals surface area contributed by atoms with Gasteiger partial charge in [-0.05, 0) is 12.1 Å². The number of hydrogen-bond acceptors (Lipinski definition) is 7. The van der Waals surface area contributed by atoms with Gasteiger partial charge in [0.2, 0.25) is 0 Å². The second-order valence-electron chi connectivity index (χ2n) is 4.18. The maximum absolute atomic E-state index is 8.89. The van der Waals surface area contributed by atoms with Crippen LogP contribution in [0.2, 0.25) is 0 Å². The quantitative estimate of drug-likeness (QED) is 0.863. The third-order valence-corrected chi connectivity index (χ3v) is 2.66. The Labute approximate surface area is 122 Å². The van der Waals surface area contributed by atoms with E-state index in [1.165, 1.54) is 7.11 Å². The van der Waals surface area contributed by atoms with Gasteiger partial charge in [0.15, 0.2) is 5.82 Å². The maximum Gasteiger partial charge on any atom is 0.158 e. The van der Waals surface area contributed by atoms with Crippen LogP contribution in [0.5, 0.6) is 5.75 Å². The number of anilines is 3. The molecule has 0 aliphatic carbocycles. The standard InChI is InChI=1S/C14H15N5O2/c1-20-8-14-18-12(16)6-13(19-14)17-10-4-3-9(7-15)5-11(10)21-2/h3-6H,8H2,1-2H3,(H3,16,17,18,19). The van der Waals surface area contributed by atoms with Crippen LogP contribution in [0.25, 0.3) is 0 Å². The van der Waals surface area contributed by atoms with Gasteiger partial charge >= 0.3 is 0 Å². The van der Waals surface area contributed by atoms with Crippen LogP contribution in [-0.2, 0) is 11.3 Å². The summed E-state index contributed by atoms with van der Waals surface area (Å²) in [6, 6.07) is 8.74. The molecule has 21 heavy (non-hydrogen) atoms. The van der Waals surface area contributed by atoms with Gasteiger partial charge in [-0.2, -0.15) is 5.26 Å². The van der Waals surface area contributed by atoms with Gasteiger partial charge in [0.25, 0.3) is 0 Å². The lowest BCUT2D eigenvalue weighted by molar-refractivity contribution is 0.178. The van der Waals surface area contributed by atoms with Crippen molar-refractivity contribution in [3.05, 3.63) is 35.7 Å². The molecule has 0 saturated carbocycles. The summed E-state index contributed by atoms with van der Waals surface area (Å²) in [5.41, 5.74) is 6.93. The molecule has 0 atom stereocenters. The molecule has 0 saturated heterocycles. The van der Waals surface area contributed by atoms with Gasteiger partial charge in [-0.1, -0.05) is 0 Å². The first kappa shape index (κ1) is 14.6. The fourth-order valence-corrected chi connectivity index (χ4v) is 1.78. The molecule has 2 aromatic rings. The predicted octanol–water partition coefficient (Wildman–Crippen LogP) is 1.83. The van der Waals surface area contributed by atoms with Gasteiger partial charge in [-0.25, -0.2) is 9.97 Å². The highest BCUT2D eigenvalue weighted by molar-refractivity contribution is 5.66. The topological polar surface area (TPSA) is 106 Å². The molecule has 1 heterocycles. The van der Waals surface area contributed by atoms with Gasteiger partial charge in [-0.3, -0.25) is 0 Å². The number of nitrogens with one attached hydrogen (secondary N) is 1. The predicted molar refractivity (Wildman–Crippen MR) is 78.1 cm³/mol. The number of hydrogen-bond donors (Lipinski definition) is 2. The van der Waals surface area contributed by atoms with Gasteiger partial charge in [0, 0.05) is 19.2 Å². The van der Waals surface area contributed by atoms with Crippen molar-refractivity contribution in [1.29, 1.82) is 5.26 Å². The molecule has 0 bridgehead atoms. The fraction of sp³-hybridized carbons (Fsp3) is 0.214. The van der Waals surface area contributed by atoms with E-state index in [1.54, 1.807) is 31.4 Å². The van der Waals surface area contributed by atoms with Gasteiger partial charge in [-0.15, -0.1) is 0 Å². The minimum Gasteiger partial charge on any atom is -0.495 e. The molecule has 0 spiro atoms. The Bertz CT molecular complexity index is 682. The van der Waals surface area contributed by atoms with Crippen molar-refractivity contribution in [2.75, 3.05) is 25.3 Å². The van der Waals surface area contributed by atoms with Crippen LogP contribution in [0.3, 0.4) is 0 Å². The average molecular weight is 285 g/mol. The Balaban J connectivity index is 2.31. The number of nitrogen functional groups attached to an aromatic ring is 1. The SMILES string of the molecule is COCc1nc(N)cc(Nc2ccc(C#N)cc2OC)n1. The minimum absolute atomic E-state index is 0.268. The van der Waals surface area contributed by atoms with Gasteiger partial charge in [0.05, 0.1) is 24.4 Å². The first-order chi connectivity index (χ1) is 10.2. The number of rotatable bonds is 5. The Hall–Kier alpha value is -2.85. The zero-order chi connectivity index (χ0) is 15.2. The summed E-state index contributed by atoms with van der Waals surface area (Å²) in [5.74, 6) is 1.89. The third-order valence-electron chi connectivity index (χ3n) is 2.66. The minimum atomic E-state index is 0.268. The molecule has 0 amide bonds. The number of nitrogens with zero attached hydrogens (tertiary/aromatic N) is 3. The highest BCUT2D eigenvalue weighted by Gasteiger charge is 2.08. The lowest BCUT2D eigenvalue weighted by Crippen LogP contribution is -2.05. The van der Waals surface area contributed by atoms with E-state index >= 15 is 0 Å². The Morgan fingerprint density at radius 1 is 1.29 bits per heavy atom. The number of ether oxygens (including phenoxy) is 2. The zero-order valence-electron chi connectivity index (χ0n) is 11.8. The van der Waals surface area contributed by atoms with Crippen molar-refractivity contribution in [1.82, 2.24) is 9.97 Å². The number of methoxy groups -OCH3 is 2. The molecular weight excluding hydrogens is 270 g/mol. The highest BCUT2D eigenvalue weighted by Crippen LogP contribution is 2.28. The summed E-state index contributed by atoms with van der Waals surface area (Å²) in [4.78, 5) is 8.35. The zero-order valence-corrected chi connectivity index (χ0v) is 11.8. The smallest absolute Gasteiger partial charge is 0.158 e. The average Bonchev–Trinajstić information content (AvgIpc) is 2.47. The summed E-state index contributed by atoms with van der Waals surface area (Å²) in [7, 11) is 3.09. The number of nitriles is 1. The summed E-state index contributed by atoms with van der Waals surface area (Å²) >= 11 is 0. The summed E-state index contributed by atoms with van der Waals surface area (Å²) in [5, 5.41) is 12.0. The van der Waals surface area contributed by atoms with Gasteiger partial charge in [0.1, 0.15) is 24.0 Å². The first-order valence-corrected chi connectivity index (χ1v) is 6.13. The van der Waals surface area contributed by atoms with E-state index in [9.17, 15) is 0 Å². The monoisotopic (exact) mass is 285 g/mol. The van der Waals surface area contributed by atoms with Crippen LogP contribution in [0.4, 0.5) is 17.3 Å². The number of aromatic nitrogens is 2. The molecule has 0 aliphatic rings. The van der Waals surface area contributed by atoms with E-state index < -0.39 is 0 Å². The van der Waals surface area contributed by atoms with Crippen molar-refractivity contribution in [2.24, 2.45) is 0 Å². The third kappa shape index (κ3) is 3.58. The lowest BCUT2D eigenvalue weighted by atomic mass is 10.2. The summed E-state index contributed by atoms with van der Waals surface area (Å²) < 4.78 is 10.2. The maximum atomic E-state index is 8.89. The van der Waals surface area contributed by atoms with Crippen molar-refractivity contribution in [2.45, 2.75) is 6.61 Å². The first-order valence-electron chi connectivity index (χ1n) is 6.13. The molecule has 108 valence electrons. The lowest BCUT2D eigenvalue weighted by Gasteiger charge is -2.12. The van der Waals surface area contributed by atoms with Crippen LogP contribution in [0.1, 0.15) is 11.4 Å². The molecule has 2 rings (SSSR count). The van der Waals surface area contributed by atoms with Crippen molar-refractivity contribution in [3.63, 3.8) is 0 Å². The molecule has 0 radical (unpaired) electrons. The van der Waals surface area contributed by atoms with E-state index in [0.29, 0.717) is 34.5 Å². The normalized spacial score (nSPS) is 9.95. The highest BCUT2D eigenvalue weighted by atomic mass is 16.5. The second-order valence-corrected chi connectivity index (χ2v) is 4.18. The molecule has 7 nitrogen and oxygen atoms in total. The van der Waals surface area contributed by atoms with Crippen molar-refractivity contribution >= 4 is 17.3 Å². The fourth-order valence-electron chi connectivity index (χ4n) is 1.78. The van der Waals surface area contributed by atoms with E-state index in [1.807, 2.05) is 0 Å². The van der Waals surface area contributed by atoms with E-state index in [2.05, 4.69) is 21.4 Å². The molecule has 0 fully saturated rings.